The summed E-state index contributed by atoms with van der Waals surface area (Å²) in [4.78, 5) is 6.00. The highest BCUT2D eigenvalue weighted by atomic mass is 32.1. The van der Waals surface area contributed by atoms with E-state index < -0.39 is 0 Å². The summed E-state index contributed by atoms with van der Waals surface area (Å²) < 4.78 is 2.32. The maximum atomic E-state index is 4.90. The minimum absolute atomic E-state index is 0.630. The third-order valence-corrected chi connectivity index (χ3v) is 4.17. The first-order valence-corrected chi connectivity index (χ1v) is 7.63. The van der Waals surface area contributed by atoms with Gasteiger partial charge >= 0.3 is 0 Å². The fourth-order valence-corrected chi connectivity index (χ4v) is 3.06. The number of hydrogen-bond donors (Lipinski definition) is 0. The van der Waals surface area contributed by atoms with Crippen LogP contribution in [-0.2, 0) is 6.54 Å². The molecule has 0 fully saturated rings. The number of benzene rings is 1. The minimum Gasteiger partial charge on any atom is -0.321 e. The van der Waals surface area contributed by atoms with Gasteiger partial charge in [0.1, 0.15) is 0 Å². The molecule has 102 valence electrons. The van der Waals surface area contributed by atoms with Crippen LogP contribution in [0.3, 0.4) is 0 Å². The lowest BCUT2D eigenvalue weighted by Gasteiger charge is -2.09. The van der Waals surface area contributed by atoms with E-state index in [1.807, 2.05) is 0 Å². The van der Waals surface area contributed by atoms with E-state index in [1.165, 1.54) is 16.8 Å². The van der Waals surface area contributed by atoms with Gasteiger partial charge in [-0.1, -0.05) is 32.0 Å². The Kier molecular flexibility index (Phi) is 4.25. The molecule has 2 rings (SSSR count). The van der Waals surface area contributed by atoms with Crippen LogP contribution >= 0.6 is 11.3 Å². The van der Waals surface area contributed by atoms with Crippen molar-refractivity contribution < 1.29 is 0 Å². The summed E-state index contributed by atoms with van der Waals surface area (Å²) in [7, 11) is 0. The molecule has 0 N–H and O–H groups in total. The molecule has 1 aromatic heterocycles. The average molecular weight is 274 g/mol. The summed E-state index contributed by atoms with van der Waals surface area (Å²) in [5.41, 5.74) is 4.88. The van der Waals surface area contributed by atoms with Crippen LogP contribution < -0.4 is 4.80 Å². The summed E-state index contributed by atoms with van der Waals surface area (Å²) in [6.45, 7) is 11.9. The van der Waals surface area contributed by atoms with Crippen LogP contribution in [0.15, 0.2) is 28.6 Å². The molecule has 0 saturated heterocycles. The number of thiazole rings is 1. The molecule has 0 saturated carbocycles. The Morgan fingerprint density at radius 2 is 1.79 bits per heavy atom. The molecule has 0 bridgehead atoms. The predicted molar refractivity (Wildman–Crippen MR) is 83.0 cm³/mol. The Morgan fingerprint density at radius 1 is 1.16 bits per heavy atom. The van der Waals surface area contributed by atoms with Crippen LogP contribution in [0.2, 0.25) is 0 Å². The van der Waals surface area contributed by atoms with E-state index in [0.29, 0.717) is 5.92 Å². The largest absolute Gasteiger partial charge is 0.321 e. The highest BCUT2D eigenvalue weighted by Crippen LogP contribution is 2.22. The first-order chi connectivity index (χ1) is 8.99. The molecule has 0 aliphatic rings. The lowest BCUT2D eigenvalue weighted by molar-refractivity contribution is 0.506. The highest BCUT2D eigenvalue weighted by molar-refractivity contribution is 7.07. The molecular formula is C16H22N2S. The van der Waals surface area contributed by atoms with Crippen molar-refractivity contribution in [2.45, 2.75) is 41.2 Å². The molecule has 0 aliphatic carbocycles. The quantitative estimate of drug-likeness (QED) is 0.791. The Hall–Kier alpha value is -1.35. The van der Waals surface area contributed by atoms with Gasteiger partial charge in [-0.05, 0) is 37.8 Å². The van der Waals surface area contributed by atoms with Gasteiger partial charge in [-0.15, -0.1) is 11.3 Å². The Balaban J connectivity index is 2.55. The van der Waals surface area contributed by atoms with Crippen molar-refractivity contribution in [3.63, 3.8) is 0 Å². The van der Waals surface area contributed by atoms with Gasteiger partial charge in [0.2, 0.25) is 0 Å². The van der Waals surface area contributed by atoms with Gasteiger partial charge in [-0.3, -0.25) is 0 Å². The second kappa shape index (κ2) is 5.74. The van der Waals surface area contributed by atoms with Gasteiger partial charge in [0.25, 0.3) is 0 Å². The second-order valence-corrected chi connectivity index (χ2v) is 6.35. The maximum Gasteiger partial charge on any atom is 0.190 e. The van der Waals surface area contributed by atoms with Crippen LogP contribution in [0, 0.1) is 26.7 Å². The Morgan fingerprint density at radius 3 is 2.37 bits per heavy atom. The first kappa shape index (κ1) is 14.1. The third-order valence-electron chi connectivity index (χ3n) is 3.19. The number of para-hydroxylation sites is 1. The van der Waals surface area contributed by atoms with E-state index in [0.717, 1.165) is 17.0 Å². The van der Waals surface area contributed by atoms with Crippen LogP contribution in [0.5, 0.6) is 0 Å². The summed E-state index contributed by atoms with van der Waals surface area (Å²) in [6, 6.07) is 6.34. The zero-order chi connectivity index (χ0) is 14.0. The molecule has 0 unspecified atom stereocenters. The Bertz CT molecular complexity index is 612. The van der Waals surface area contributed by atoms with Crippen LogP contribution in [0.25, 0.3) is 0 Å². The maximum absolute atomic E-state index is 4.90. The van der Waals surface area contributed by atoms with E-state index in [-0.39, 0.29) is 0 Å². The molecular weight excluding hydrogens is 252 g/mol. The zero-order valence-electron chi connectivity index (χ0n) is 12.4. The molecule has 0 amide bonds. The number of nitrogens with zero attached hydrogens (tertiary/aromatic N) is 2. The lowest BCUT2D eigenvalue weighted by atomic mass is 10.1. The van der Waals surface area contributed by atoms with Gasteiger partial charge in [0.15, 0.2) is 4.80 Å². The van der Waals surface area contributed by atoms with E-state index >= 15 is 0 Å². The molecule has 1 aromatic carbocycles. The first-order valence-electron chi connectivity index (χ1n) is 6.75. The molecule has 0 aliphatic heterocycles. The smallest absolute Gasteiger partial charge is 0.190 e. The van der Waals surface area contributed by atoms with Crippen molar-refractivity contribution in [3.05, 3.63) is 45.2 Å². The van der Waals surface area contributed by atoms with E-state index in [1.54, 1.807) is 11.3 Å². The van der Waals surface area contributed by atoms with Crippen molar-refractivity contribution in [1.29, 1.82) is 0 Å². The van der Waals surface area contributed by atoms with Crippen molar-refractivity contribution >= 4 is 17.0 Å². The van der Waals surface area contributed by atoms with E-state index in [4.69, 9.17) is 4.99 Å². The standard InChI is InChI=1S/C16H22N2S/c1-11(2)9-18-14(5)10-19-16(18)17-15-12(3)7-6-8-13(15)4/h6-8,10-11H,9H2,1-5H3. The Labute approximate surface area is 119 Å². The average Bonchev–Trinajstić information content (AvgIpc) is 2.66. The number of rotatable bonds is 3. The van der Waals surface area contributed by atoms with Crippen LogP contribution in [0.1, 0.15) is 30.7 Å². The van der Waals surface area contributed by atoms with Gasteiger partial charge < -0.3 is 4.57 Å². The normalized spacial score (nSPS) is 12.4. The van der Waals surface area contributed by atoms with Crippen molar-refractivity contribution in [3.8, 4) is 0 Å². The zero-order valence-corrected chi connectivity index (χ0v) is 13.2. The monoisotopic (exact) mass is 274 g/mol. The SMILES string of the molecule is Cc1cccc(C)c1N=c1scc(C)n1CC(C)C. The van der Waals surface area contributed by atoms with Gasteiger partial charge in [-0.2, -0.15) is 0 Å². The fourth-order valence-electron chi connectivity index (χ4n) is 2.17. The van der Waals surface area contributed by atoms with Gasteiger partial charge in [0, 0.05) is 17.6 Å². The lowest BCUT2D eigenvalue weighted by Crippen LogP contribution is -2.19. The van der Waals surface area contributed by atoms with Crippen molar-refractivity contribution in [2.75, 3.05) is 0 Å². The number of aryl methyl sites for hydroxylation is 3. The molecule has 0 radical (unpaired) electrons. The number of aromatic nitrogens is 1. The van der Waals surface area contributed by atoms with Gasteiger partial charge in [-0.25, -0.2) is 4.99 Å². The summed E-state index contributed by atoms with van der Waals surface area (Å²) >= 11 is 1.73. The molecule has 19 heavy (non-hydrogen) atoms. The molecule has 3 heteroatoms. The predicted octanol–water partition coefficient (Wildman–Crippen LogP) is 4.36. The fraction of sp³-hybridized carbons (Fsp3) is 0.438. The van der Waals surface area contributed by atoms with Crippen LogP contribution in [0.4, 0.5) is 5.69 Å². The van der Waals surface area contributed by atoms with E-state index in [2.05, 4.69) is 62.8 Å². The highest BCUT2D eigenvalue weighted by Gasteiger charge is 2.05. The topological polar surface area (TPSA) is 17.3 Å². The minimum atomic E-state index is 0.630. The molecule has 1 heterocycles. The molecule has 2 nitrogen and oxygen atoms in total. The third kappa shape index (κ3) is 3.16. The molecule has 0 atom stereocenters. The van der Waals surface area contributed by atoms with E-state index in [9.17, 15) is 0 Å². The summed E-state index contributed by atoms with van der Waals surface area (Å²) in [6.07, 6.45) is 0. The van der Waals surface area contributed by atoms with Crippen LogP contribution in [-0.4, -0.2) is 4.57 Å². The molecule has 0 spiro atoms. The number of hydrogen-bond acceptors (Lipinski definition) is 2. The van der Waals surface area contributed by atoms with Crippen molar-refractivity contribution in [1.82, 2.24) is 4.57 Å². The van der Waals surface area contributed by atoms with Gasteiger partial charge in [0.05, 0.1) is 5.69 Å². The second-order valence-electron chi connectivity index (χ2n) is 5.52. The molecule has 2 aromatic rings. The summed E-state index contributed by atoms with van der Waals surface area (Å²) in [5.74, 6) is 0.630. The van der Waals surface area contributed by atoms with Crippen molar-refractivity contribution in [2.24, 2.45) is 10.9 Å². The summed E-state index contributed by atoms with van der Waals surface area (Å²) in [5, 5.41) is 2.19.